The molecule has 1 heterocycles. The highest BCUT2D eigenvalue weighted by atomic mass is 35.5. The maximum absolute atomic E-state index is 12.3. The minimum atomic E-state index is -0.272. The summed E-state index contributed by atoms with van der Waals surface area (Å²) >= 11 is 1.73. The molecule has 0 saturated carbocycles. The van der Waals surface area contributed by atoms with Gasteiger partial charge in [0, 0.05) is 22.3 Å². The minimum Gasteiger partial charge on any atom is -0.350 e. The van der Waals surface area contributed by atoms with E-state index in [0.717, 1.165) is 31.2 Å². The van der Waals surface area contributed by atoms with Crippen LogP contribution in [-0.4, -0.2) is 18.0 Å². The number of amides is 1. The molecule has 1 aromatic rings. The van der Waals surface area contributed by atoms with Crippen LogP contribution in [0.25, 0.3) is 0 Å². The second-order valence-electron chi connectivity index (χ2n) is 5.51. The predicted molar refractivity (Wildman–Crippen MR) is 88.0 cm³/mol. The third kappa shape index (κ3) is 3.74. The van der Waals surface area contributed by atoms with Gasteiger partial charge in [-0.2, -0.15) is 0 Å². The van der Waals surface area contributed by atoms with Crippen LogP contribution in [0, 0.1) is 0 Å². The molecule has 1 aliphatic rings. The third-order valence-corrected chi connectivity index (χ3v) is 5.40. The Kier molecular flexibility index (Phi) is 6.49. The van der Waals surface area contributed by atoms with E-state index < -0.39 is 0 Å². The van der Waals surface area contributed by atoms with Gasteiger partial charge in [0.05, 0.1) is 5.56 Å². The standard InChI is InChI=1S/C15H24N2OS.ClH/c1-3-15(16,4-2)10-17-14(18)12-9-19-13-8-6-5-7-11(12)13;/h9H,3-8,10,16H2,1-2H3,(H,17,18);1H. The van der Waals surface area contributed by atoms with Crippen LogP contribution in [0.1, 0.15) is 60.3 Å². The summed E-state index contributed by atoms with van der Waals surface area (Å²) in [7, 11) is 0. The lowest BCUT2D eigenvalue weighted by atomic mass is 9.93. The van der Waals surface area contributed by atoms with E-state index in [0.29, 0.717) is 6.54 Å². The number of carbonyl (C=O) groups excluding carboxylic acids is 1. The number of nitrogens with two attached hydrogens (primary N) is 1. The maximum Gasteiger partial charge on any atom is 0.252 e. The van der Waals surface area contributed by atoms with Crippen LogP contribution < -0.4 is 11.1 Å². The minimum absolute atomic E-state index is 0. The number of hydrogen-bond acceptors (Lipinski definition) is 3. The Morgan fingerprint density at radius 3 is 2.65 bits per heavy atom. The zero-order chi connectivity index (χ0) is 13.9. The van der Waals surface area contributed by atoms with Crippen LogP contribution in [0.5, 0.6) is 0 Å². The Morgan fingerprint density at radius 1 is 1.35 bits per heavy atom. The molecule has 0 atom stereocenters. The van der Waals surface area contributed by atoms with Crippen molar-refractivity contribution in [2.45, 2.75) is 57.9 Å². The number of rotatable bonds is 5. The van der Waals surface area contributed by atoms with E-state index in [9.17, 15) is 4.79 Å². The van der Waals surface area contributed by atoms with Gasteiger partial charge in [0.2, 0.25) is 0 Å². The van der Waals surface area contributed by atoms with Crippen molar-refractivity contribution in [3.05, 3.63) is 21.4 Å². The lowest BCUT2D eigenvalue weighted by Gasteiger charge is -2.26. The van der Waals surface area contributed by atoms with Gasteiger partial charge >= 0.3 is 0 Å². The Labute approximate surface area is 131 Å². The SMILES string of the molecule is CCC(N)(CC)CNC(=O)c1csc2c1CCCC2.Cl. The Bertz CT molecular complexity index is 455. The summed E-state index contributed by atoms with van der Waals surface area (Å²) in [6.45, 7) is 4.70. The lowest BCUT2D eigenvalue weighted by molar-refractivity contribution is 0.0941. The van der Waals surface area contributed by atoms with Gasteiger partial charge in [-0.15, -0.1) is 23.7 Å². The average molecular weight is 317 g/mol. The first kappa shape index (κ1) is 17.5. The normalized spacial score (nSPS) is 14.3. The van der Waals surface area contributed by atoms with Crippen LogP contribution in [-0.2, 0) is 12.8 Å². The number of hydrogen-bond donors (Lipinski definition) is 2. The number of aryl methyl sites for hydroxylation is 1. The zero-order valence-electron chi connectivity index (χ0n) is 12.3. The summed E-state index contributed by atoms with van der Waals surface area (Å²) in [6.07, 6.45) is 6.41. The number of nitrogens with one attached hydrogen (secondary N) is 1. The molecular formula is C15H25ClN2OS. The van der Waals surface area contributed by atoms with Gasteiger partial charge in [-0.1, -0.05) is 13.8 Å². The zero-order valence-corrected chi connectivity index (χ0v) is 14.0. The van der Waals surface area contributed by atoms with E-state index >= 15 is 0 Å². The fourth-order valence-electron chi connectivity index (χ4n) is 2.54. The average Bonchev–Trinajstić information content (AvgIpc) is 2.88. The van der Waals surface area contributed by atoms with E-state index in [1.54, 1.807) is 11.3 Å². The fourth-order valence-corrected chi connectivity index (χ4v) is 3.66. The molecule has 3 N–H and O–H groups in total. The van der Waals surface area contributed by atoms with Crippen molar-refractivity contribution < 1.29 is 4.79 Å². The summed E-state index contributed by atoms with van der Waals surface area (Å²) in [5.74, 6) is 0.0520. The van der Waals surface area contributed by atoms with Crippen LogP contribution >= 0.6 is 23.7 Å². The molecule has 1 aliphatic carbocycles. The highest BCUT2D eigenvalue weighted by Gasteiger charge is 2.24. The van der Waals surface area contributed by atoms with Crippen molar-refractivity contribution in [2.24, 2.45) is 5.73 Å². The first-order valence-corrected chi connectivity index (χ1v) is 8.14. The van der Waals surface area contributed by atoms with Crippen molar-refractivity contribution in [1.29, 1.82) is 0 Å². The molecule has 0 spiro atoms. The largest absolute Gasteiger partial charge is 0.350 e. The second kappa shape index (κ2) is 7.43. The van der Waals surface area contributed by atoms with Crippen LogP contribution in [0.15, 0.2) is 5.38 Å². The van der Waals surface area contributed by atoms with Gasteiger partial charge in [-0.05, 0) is 44.1 Å². The van der Waals surface area contributed by atoms with Crippen LogP contribution in [0.4, 0.5) is 0 Å². The van der Waals surface area contributed by atoms with Gasteiger partial charge < -0.3 is 11.1 Å². The van der Waals surface area contributed by atoms with Crippen LogP contribution in [0.3, 0.4) is 0 Å². The van der Waals surface area contributed by atoms with Crippen molar-refractivity contribution in [2.75, 3.05) is 6.54 Å². The van der Waals surface area contributed by atoms with Gasteiger partial charge in [0.25, 0.3) is 5.91 Å². The van der Waals surface area contributed by atoms with E-state index in [4.69, 9.17) is 5.73 Å². The molecule has 1 aromatic heterocycles. The Balaban J connectivity index is 0.00000200. The van der Waals surface area contributed by atoms with Gasteiger partial charge in [0.1, 0.15) is 0 Å². The van der Waals surface area contributed by atoms with Gasteiger partial charge in [-0.3, -0.25) is 4.79 Å². The fraction of sp³-hybridized carbons (Fsp3) is 0.667. The van der Waals surface area contributed by atoms with E-state index in [2.05, 4.69) is 19.2 Å². The summed E-state index contributed by atoms with van der Waals surface area (Å²) in [5, 5.41) is 5.04. The van der Waals surface area contributed by atoms with E-state index in [1.165, 1.54) is 23.3 Å². The molecule has 0 fully saturated rings. The quantitative estimate of drug-likeness (QED) is 0.875. The third-order valence-electron chi connectivity index (χ3n) is 4.32. The molecule has 0 radical (unpaired) electrons. The first-order chi connectivity index (χ1) is 9.09. The smallest absolute Gasteiger partial charge is 0.252 e. The van der Waals surface area contributed by atoms with Gasteiger partial charge in [0.15, 0.2) is 0 Å². The number of halogens is 1. The van der Waals surface area contributed by atoms with E-state index in [1.807, 2.05) is 5.38 Å². The molecule has 0 saturated heterocycles. The molecular weight excluding hydrogens is 292 g/mol. The molecule has 114 valence electrons. The first-order valence-electron chi connectivity index (χ1n) is 7.26. The lowest BCUT2D eigenvalue weighted by Crippen LogP contribution is -2.49. The highest BCUT2D eigenvalue weighted by Crippen LogP contribution is 2.30. The number of carbonyl (C=O) groups is 1. The second-order valence-corrected chi connectivity index (χ2v) is 6.47. The summed E-state index contributed by atoms with van der Waals surface area (Å²) in [5.41, 5.74) is 8.12. The Hall–Kier alpha value is -0.580. The van der Waals surface area contributed by atoms with Crippen LogP contribution in [0.2, 0.25) is 0 Å². The Morgan fingerprint density at radius 2 is 2.00 bits per heavy atom. The van der Waals surface area contributed by atoms with E-state index in [-0.39, 0.29) is 23.9 Å². The molecule has 3 nitrogen and oxygen atoms in total. The van der Waals surface area contributed by atoms with Crippen molar-refractivity contribution in [3.63, 3.8) is 0 Å². The molecule has 0 aliphatic heterocycles. The van der Waals surface area contributed by atoms with Gasteiger partial charge in [-0.25, -0.2) is 0 Å². The highest BCUT2D eigenvalue weighted by molar-refractivity contribution is 7.10. The molecule has 1 amide bonds. The molecule has 0 aromatic carbocycles. The number of thiophene rings is 1. The maximum atomic E-state index is 12.3. The molecule has 20 heavy (non-hydrogen) atoms. The predicted octanol–water partition coefficient (Wildman–Crippen LogP) is 3.30. The molecule has 5 heteroatoms. The molecule has 0 unspecified atom stereocenters. The van der Waals surface area contributed by atoms with Crippen molar-refractivity contribution in [1.82, 2.24) is 5.32 Å². The summed E-state index contributed by atoms with van der Waals surface area (Å²) in [4.78, 5) is 13.7. The molecule has 2 rings (SSSR count). The topological polar surface area (TPSA) is 55.1 Å². The summed E-state index contributed by atoms with van der Waals surface area (Å²) < 4.78 is 0. The molecule has 0 bridgehead atoms. The monoisotopic (exact) mass is 316 g/mol. The number of fused-ring (bicyclic) bond motifs is 1. The van der Waals surface area contributed by atoms with Crippen molar-refractivity contribution in [3.8, 4) is 0 Å². The summed E-state index contributed by atoms with van der Waals surface area (Å²) in [6, 6.07) is 0. The van der Waals surface area contributed by atoms with Crippen molar-refractivity contribution >= 4 is 29.7 Å².